The second kappa shape index (κ2) is 11.0. The zero-order chi connectivity index (χ0) is 27.5. The molecule has 0 spiro atoms. The Hall–Kier alpha value is -4.56. The van der Waals surface area contributed by atoms with Gasteiger partial charge in [0.15, 0.2) is 23.9 Å². The third-order valence-corrected chi connectivity index (χ3v) is 6.29. The number of nitrogens with two attached hydrogens (primary N) is 2. The maximum Gasteiger partial charge on any atom is 0.510 e. The minimum absolute atomic E-state index is 0.00880. The van der Waals surface area contributed by atoms with Gasteiger partial charge < -0.3 is 30.2 Å². The largest absolute Gasteiger partial charge is 0.510 e. The lowest BCUT2D eigenvalue weighted by Crippen LogP contribution is -2.38. The van der Waals surface area contributed by atoms with Crippen LogP contribution in [0.15, 0.2) is 35.2 Å². The van der Waals surface area contributed by atoms with Crippen molar-refractivity contribution in [3.8, 4) is 22.4 Å². The first kappa shape index (κ1) is 26.1. The molecule has 4 aromatic rings. The monoisotopic (exact) mass is 539 g/mol. The van der Waals surface area contributed by atoms with Crippen LogP contribution in [-0.2, 0) is 20.9 Å². The summed E-state index contributed by atoms with van der Waals surface area (Å²) in [5, 5.41) is 8.29. The highest BCUT2D eigenvalue weighted by Gasteiger charge is 2.23. The highest BCUT2D eigenvalue weighted by atomic mass is 19.1. The molecule has 0 saturated carbocycles. The number of nitrogens with zero attached hydrogens (tertiary/aromatic N) is 5. The SMILES string of the molecule is CC(=O)c1cc(-c2ncc(-c3cnn(COC(=O)OCCN4CCOCC4)c3)c3onc(N)c23)c(F)cc1N. The number of halogens is 1. The molecular weight excluding hydrogens is 513 g/mol. The van der Waals surface area contributed by atoms with Gasteiger partial charge in [-0.2, -0.15) is 5.10 Å². The summed E-state index contributed by atoms with van der Waals surface area (Å²) >= 11 is 0. The van der Waals surface area contributed by atoms with Crippen LogP contribution in [0.3, 0.4) is 0 Å². The fraction of sp³-hybridized carbons (Fsp3) is 0.320. The normalized spacial score (nSPS) is 14.0. The van der Waals surface area contributed by atoms with Crippen LogP contribution in [0.2, 0.25) is 0 Å². The molecule has 204 valence electrons. The molecule has 1 aliphatic rings. The van der Waals surface area contributed by atoms with Gasteiger partial charge in [0.05, 0.1) is 30.5 Å². The second-order valence-corrected chi connectivity index (χ2v) is 8.86. The van der Waals surface area contributed by atoms with Crippen LogP contribution >= 0.6 is 0 Å². The minimum atomic E-state index is -0.813. The topological polar surface area (TPSA) is 174 Å². The number of Topliss-reactive ketones (excluding diaryl/α,β-unsaturated/α-hetero) is 1. The molecule has 1 aliphatic heterocycles. The lowest BCUT2D eigenvalue weighted by atomic mass is 9.99. The number of nitrogen functional groups attached to an aromatic ring is 2. The van der Waals surface area contributed by atoms with E-state index in [0.29, 0.717) is 30.9 Å². The summed E-state index contributed by atoms with van der Waals surface area (Å²) in [6.07, 6.45) is 3.76. The van der Waals surface area contributed by atoms with Crippen LogP contribution in [0.25, 0.3) is 33.4 Å². The Bertz CT molecular complexity index is 1530. The molecule has 0 unspecified atom stereocenters. The Morgan fingerprint density at radius 2 is 1.92 bits per heavy atom. The van der Waals surface area contributed by atoms with Gasteiger partial charge in [-0.15, -0.1) is 0 Å². The Morgan fingerprint density at radius 3 is 2.69 bits per heavy atom. The van der Waals surface area contributed by atoms with Crippen molar-refractivity contribution in [1.29, 1.82) is 0 Å². The van der Waals surface area contributed by atoms with Crippen LogP contribution in [-0.4, -0.2) is 76.2 Å². The smallest absolute Gasteiger partial charge is 0.433 e. The summed E-state index contributed by atoms with van der Waals surface area (Å²) < 4.78 is 37.3. The summed E-state index contributed by atoms with van der Waals surface area (Å²) in [6, 6.07) is 2.39. The van der Waals surface area contributed by atoms with Crippen molar-refractivity contribution < 1.29 is 32.7 Å². The van der Waals surface area contributed by atoms with E-state index in [4.69, 9.17) is 30.2 Å². The van der Waals surface area contributed by atoms with Crippen molar-refractivity contribution in [3.63, 3.8) is 0 Å². The number of carbonyl (C=O) groups is 2. The van der Waals surface area contributed by atoms with Crippen molar-refractivity contribution in [2.75, 3.05) is 50.9 Å². The molecule has 5 rings (SSSR count). The van der Waals surface area contributed by atoms with Crippen LogP contribution in [0, 0.1) is 5.82 Å². The summed E-state index contributed by atoms with van der Waals surface area (Å²) in [4.78, 5) is 30.5. The van der Waals surface area contributed by atoms with E-state index in [1.165, 1.54) is 30.1 Å². The molecule has 0 aliphatic carbocycles. The number of hydrogen-bond acceptors (Lipinski definition) is 12. The third-order valence-electron chi connectivity index (χ3n) is 6.29. The van der Waals surface area contributed by atoms with E-state index >= 15 is 0 Å². The quantitative estimate of drug-likeness (QED) is 0.191. The van der Waals surface area contributed by atoms with E-state index in [-0.39, 0.29) is 58.4 Å². The zero-order valence-electron chi connectivity index (χ0n) is 21.1. The van der Waals surface area contributed by atoms with Crippen LogP contribution in [0.5, 0.6) is 0 Å². The first-order valence-corrected chi connectivity index (χ1v) is 12.1. The average Bonchev–Trinajstić information content (AvgIpc) is 3.55. The average molecular weight is 540 g/mol. The number of benzene rings is 1. The first-order chi connectivity index (χ1) is 18.8. The van der Waals surface area contributed by atoms with Crippen LogP contribution in [0.4, 0.5) is 20.7 Å². The lowest BCUT2D eigenvalue weighted by molar-refractivity contribution is 0.00697. The number of fused-ring (bicyclic) bond motifs is 1. The highest BCUT2D eigenvalue weighted by molar-refractivity contribution is 6.06. The zero-order valence-corrected chi connectivity index (χ0v) is 21.1. The van der Waals surface area contributed by atoms with Gasteiger partial charge in [-0.1, -0.05) is 5.16 Å². The fourth-order valence-corrected chi connectivity index (χ4v) is 4.27. The number of aromatic nitrogens is 4. The molecule has 13 nitrogen and oxygen atoms in total. The van der Waals surface area contributed by atoms with Crippen molar-refractivity contribution in [2.45, 2.75) is 13.7 Å². The summed E-state index contributed by atoms with van der Waals surface area (Å²) in [6.45, 7) is 4.86. The maximum atomic E-state index is 14.9. The minimum Gasteiger partial charge on any atom is -0.433 e. The van der Waals surface area contributed by atoms with Crippen molar-refractivity contribution in [2.24, 2.45) is 0 Å². The molecule has 14 heteroatoms. The van der Waals surface area contributed by atoms with E-state index in [0.717, 1.165) is 19.2 Å². The van der Waals surface area contributed by atoms with Gasteiger partial charge in [-0.05, 0) is 19.1 Å². The standard InChI is InChI=1S/C25H26FN7O6/c1-14(34)16-8-17(19(26)9-20(16)27)22-21-23(39-31-24(21)28)18(11-29-22)15-10-30-33(12-15)13-38-25(35)37-7-4-32-2-5-36-6-3-32/h8-12H,2-7,13,27H2,1H3,(H2,28,31). The summed E-state index contributed by atoms with van der Waals surface area (Å²) in [7, 11) is 0. The number of pyridine rings is 1. The van der Waals surface area contributed by atoms with Crippen LogP contribution < -0.4 is 11.5 Å². The fourth-order valence-electron chi connectivity index (χ4n) is 4.27. The van der Waals surface area contributed by atoms with E-state index in [9.17, 15) is 14.0 Å². The molecular formula is C25H26FN7O6. The second-order valence-electron chi connectivity index (χ2n) is 8.86. The van der Waals surface area contributed by atoms with Crippen molar-refractivity contribution in [3.05, 3.63) is 42.1 Å². The van der Waals surface area contributed by atoms with Gasteiger partial charge in [0.25, 0.3) is 0 Å². The number of carbonyl (C=O) groups excluding carboxylic acids is 2. The van der Waals surface area contributed by atoms with Gasteiger partial charge in [0, 0.05) is 60.0 Å². The number of rotatable bonds is 8. The lowest BCUT2D eigenvalue weighted by Gasteiger charge is -2.25. The molecule has 0 amide bonds. The van der Waals surface area contributed by atoms with Crippen molar-refractivity contribution >= 4 is 34.4 Å². The van der Waals surface area contributed by atoms with Crippen LogP contribution in [0.1, 0.15) is 17.3 Å². The van der Waals surface area contributed by atoms with Gasteiger partial charge in [0.1, 0.15) is 12.4 Å². The van der Waals surface area contributed by atoms with Gasteiger partial charge in [-0.3, -0.25) is 14.7 Å². The number of ether oxygens (including phenoxy) is 3. The Kier molecular flexibility index (Phi) is 7.38. The van der Waals surface area contributed by atoms with E-state index in [1.807, 2.05) is 0 Å². The molecule has 4 heterocycles. The number of morpholine rings is 1. The summed E-state index contributed by atoms with van der Waals surface area (Å²) in [5.41, 5.74) is 13.5. The molecule has 1 fully saturated rings. The molecule has 0 atom stereocenters. The highest BCUT2D eigenvalue weighted by Crippen LogP contribution is 2.38. The number of hydrogen-bond donors (Lipinski definition) is 2. The molecule has 39 heavy (non-hydrogen) atoms. The first-order valence-electron chi connectivity index (χ1n) is 12.1. The third kappa shape index (κ3) is 5.51. The van der Waals surface area contributed by atoms with Crippen molar-refractivity contribution in [1.82, 2.24) is 24.8 Å². The predicted octanol–water partition coefficient (Wildman–Crippen LogP) is 2.70. The molecule has 1 saturated heterocycles. The molecule has 4 N–H and O–H groups in total. The van der Waals surface area contributed by atoms with E-state index < -0.39 is 12.0 Å². The number of ketones is 1. The Labute approximate surface area is 221 Å². The molecule has 1 aromatic carbocycles. The molecule has 3 aromatic heterocycles. The molecule has 0 bridgehead atoms. The number of anilines is 2. The van der Waals surface area contributed by atoms with Gasteiger partial charge >= 0.3 is 6.16 Å². The van der Waals surface area contributed by atoms with Gasteiger partial charge in [0.2, 0.25) is 0 Å². The van der Waals surface area contributed by atoms with E-state index in [1.54, 1.807) is 6.20 Å². The molecule has 0 radical (unpaired) electrons. The Balaban J connectivity index is 1.31. The Morgan fingerprint density at radius 1 is 1.13 bits per heavy atom. The van der Waals surface area contributed by atoms with E-state index in [2.05, 4.69) is 20.1 Å². The summed E-state index contributed by atoms with van der Waals surface area (Å²) in [5.74, 6) is -1.01. The maximum absolute atomic E-state index is 14.9. The predicted molar refractivity (Wildman–Crippen MR) is 137 cm³/mol. The van der Waals surface area contributed by atoms with Gasteiger partial charge in [-0.25, -0.2) is 13.9 Å².